The van der Waals surface area contributed by atoms with Crippen molar-refractivity contribution in [1.29, 1.82) is 0 Å². The molecule has 0 unspecified atom stereocenters. The van der Waals surface area contributed by atoms with E-state index in [4.69, 9.17) is 10.8 Å². The van der Waals surface area contributed by atoms with Crippen LogP contribution in [-0.2, 0) is 6.54 Å². The van der Waals surface area contributed by atoms with Gasteiger partial charge in [0.25, 0.3) is 0 Å². The molecule has 0 spiro atoms. The van der Waals surface area contributed by atoms with Crippen LogP contribution in [0.1, 0.15) is 11.6 Å². The second-order valence-electron chi connectivity index (χ2n) is 2.19. The van der Waals surface area contributed by atoms with E-state index in [0.717, 1.165) is 11.6 Å². The standard InChI is InChI=1S/C8H10NO/c1-4-5-9-7(2)6-10-8(9)3/h1,6H,5H2,2-3H3/q+1. The van der Waals surface area contributed by atoms with E-state index in [1.807, 2.05) is 18.4 Å². The molecule has 2 nitrogen and oxygen atoms in total. The highest BCUT2D eigenvalue weighted by molar-refractivity contribution is 4.84. The summed E-state index contributed by atoms with van der Waals surface area (Å²) in [5.41, 5.74) is 1.07. The molecule has 1 aromatic rings. The molecule has 1 aromatic heterocycles. The van der Waals surface area contributed by atoms with Crippen molar-refractivity contribution in [3.05, 3.63) is 17.8 Å². The SMILES string of the molecule is C#CC[n+]1c(C)coc1C. The number of oxazole rings is 1. The van der Waals surface area contributed by atoms with Gasteiger partial charge in [0, 0.05) is 6.92 Å². The minimum atomic E-state index is 0.591. The summed E-state index contributed by atoms with van der Waals surface area (Å²) in [5, 5.41) is 0. The molecule has 0 saturated carbocycles. The Bertz CT molecular complexity index is 248. The average Bonchev–Trinajstić information content (AvgIpc) is 2.20. The third kappa shape index (κ3) is 1.03. The lowest BCUT2D eigenvalue weighted by molar-refractivity contribution is -0.699. The molecule has 0 aliphatic rings. The molecule has 10 heavy (non-hydrogen) atoms. The fraction of sp³-hybridized carbons (Fsp3) is 0.375. The molecule has 0 N–H and O–H groups in total. The Morgan fingerprint density at radius 1 is 1.70 bits per heavy atom. The lowest BCUT2D eigenvalue weighted by atomic mass is 10.5. The molecule has 0 fully saturated rings. The lowest BCUT2D eigenvalue weighted by Gasteiger charge is -1.85. The predicted molar refractivity (Wildman–Crippen MR) is 37.2 cm³/mol. The number of rotatable bonds is 1. The molecule has 0 bridgehead atoms. The van der Waals surface area contributed by atoms with Crippen molar-refractivity contribution in [3.63, 3.8) is 0 Å². The highest BCUT2D eigenvalue weighted by atomic mass is 16.3. The zero-order chi connectivity index (χ0) is 7.56. The highest BCUT2D eigenvalue weighted by Gasteiger charge is 2.11. The summed E-state index contributed by atoms with van der Waals surface area (Å²) < 4.78 is 7.06. The van der Waals surface area contributed by atoms with Gasteiger partial charge in [-0.15, -0.1) is 6.42 Å². The molecular formula is C8H10NO+. The van der Waals surface area contributed by atoms with Gasteiger partial charge >= 0.3 is 5.89 Å². The van der Waals surface area contributed by atoms with Crippen LogP contribution in [0.15, 0.2) is 10.7 Å². The van der Waals surface area contributed by atoms with E-state index in [1.165, 1.54) is 0 Å². The summed E-state index contributed by atoms with van der Waals surface area (Å²) in [7, 11) is 0. The minimum absolute atomic E-state index is 0.591. The fourth-order valence-corrected chi connectivity index (χ4v) is 0.873. The first-order valence-electron chi connectivity index (χ1n) is 3.13. The van der Waals surface area contributed by atoms with E-state index in [0.29, 0.717) is 6.54 Å². The van der Waals surface area contributed by atoms with Crippen molar-refractivity contribution < 1.29 is 8.98 Å². The van der Waals surface area contributed by atoms with Crippen LogP contribution < -0.4 is 4.57 Å². The lowest BCUT2D eigenvalue weighted by Crippen LogP contribution is -2.36. The van der Waals surface area contributed by atoms with Gasteiger partial charge < -0.3 is 4.42 Å². The van der Waals surface area contributed by atoms with Crippen LogP contribution in [0.5, 0.6) is 0 Å². The van der Waals surface area contributed by atoms with Gasteiger partial charge in [-0.2, -0.15) is 4.57 Å². The Balaban J connectivity index is 3.01. The van der Waals surface area contributed by atoms with E-state index < -0.39 is 0 Å². The van der Waals surface area contributed by atoms with E-state index in [9.17, 15) is 0 Å². The van der Waals surface area contributed by atoms with Crippen molar-refractivity contribution in [3.8, 4) is 12.3 Å². The average molecular weight is 136 g/mol. The third-order valence-corrected chi connectivity index (χ3v) is 1.46. The quantitative estimate of drug-likeness (QED) is 0.412. The molecule has 0 atom stereocenters. The predicted octanol–water partition coefficient (Wildman–Crippen LogP) is 0.817. The number of aromatic nitrogens is 1. The van der Waals surface area contributed by atoms with Crippen molar-refractivity contribution in [2.24, 2.45) is 0 Å². The summed E-state index contributed by atoms with van der Waals surface area (Å²) in [6, 6.07) is 0. The van der Waals surface area contributed by atoms with Crippen molar-refractivity contribution in [2.45, 2.75) is 20.4 Å². The fourth-order valence-electron chi connectivity index (χ4n) is 0.873. The molecule has 0 aliphatic carbocycles. The molecule has 1 rings (SSSR count). The normalized spacial score (nSPS) is 9.30. The zero-order valence-electron chi connectivity index (χ0n) is 6.22. The molecule has 0 aromatic carbocycles. The highest BCUT2D eigenvalue weighted by Crippen LogP contribution is 1.94. The minimum Gasteiger partial charge on any atom is -0.410 e. The second-order valence-corrected chi connectivity index (χ2v) is 2.19. The van der Waals surface area contributed by atoms with Crippen LogP contribution in [0.3, 0.4) is 0 Å². The maximum absolute atomic E-state index is 5.14. The van der Waals surface area contributed by atoms with Gasteiger partial charge in [0.1, 0.15) is 0 Å². The van der Waals surface area contributed by atoms with Gasteiger partial charge in [0.2, 0.25) is 12.2 Å². The van der Waals surface area contributed by atoms with Crippen molar-refractivity contribution in [1.82, 2.24) is 0 Å². The van der Waals surface area contributed by atoms with Crippen LogP contribution in [-0.4, -0.2) is 0 Å². The van der Waals surface area contributed by atoms with E-state index >= 15 is 0 Å². The molecule has 52 valence electrons. The second kappa shape index (κ2) is 2.57. The maximum atomic E-state index is 5.14. The monoisotopic (exact) mass is 136 g/mol. The summed E-state index contributed by atoms with van der Waals surface area (Å²) in [6.45, 7) is 4.45. The summed E-state index contributed by atoms with van der Waals surface area (Å²) in [6.07, 6.45) is 6.85. The molecule has 0 amide bonds. The number of hydrogen-bond donors (Lipinski definition) is 0. The summed E-state index contributed by atoms with van der Waals surface area (Å²) in [5.74, 6) is 3.41. The topological polar surface area (TPSA) is 17.0 Å². The Labute approximate surface area is 60.5 Å². The number of nitrogens with zero attached hydrogens (tertiary/aromatic N) is 1. The Kier molecular flexibility index (Phi) is 1.77. The first-order valence-corrected chi connectivity index (χ1v) is 3.13. The molecular weight excluding hydrogens is 126 g/mol. The number of hydrogen-bond acceptors (Lipinski definition) is 1. The first kappa shape index (κ1) is 6.88. The van der Waals surface area contributed by atoms with E-state index in [-0.39, 0.29) is 0 Å². The van der Waals surface area contributed by atoms with Crippen molar-refractivity contribution in [2.75, 3.05) is 0 Å². The van der Waals surface area contributed by atoms with Crippen LogP contribution >= 0.6 is 0 Å². The van der Waals surface area contributed by atoms with Gasteiger partial charge in [0.15, 0.2) is 6.26 Å². The van der Waals surface area contributed by atoms with Crippen molar-refractivity contribution >= 4 is 0 Å². The molecule has 0 saturated heterocycles. The Morgan fingerprint density at radius 2 is 2.40 bits per heavy atom. The number of terminal acetylenes is 1. The van der Waals surface area contributed by atoms with Crippen LogP contribution in [0.25, 0.3) is 0 Å². The maximum Gasteiger partial charge on any atom is 0.344 e. The van der Waals surface area contributed by atoms with Crippen LogP contribution in [0, 0.1) is 26.2 Å². The Hall–Kier alpha value is -1.23. The largest absolute Gasteiger partial charge is 0.410 e. The molecule has 0 radical (unpaired) electrons. The Morgan fingerprint density at radius 3 is 2.80 bits per heavy atom. The smallest absolute Gasteiger partial charge is 0.344 e. The first-order chi connectivity index (χ1) is 4.75. The van der Waals surface area contributed by atoms with E-state index in [2.05, 4.69) is 5.92 Å². The van der Waals surface area contributed by atoms with Gasteiger partial charge in [-0.1, -0.05) is 0 Å². The van der Waals surface area contributed by atoms with Gasteiger partial charge in [-0.05, 0) is 5.92 Å². The van der Waals surface area contributed by atoms with Crippen LogP contribution in [0.4, 0.5) is 0 Å². The van der Waals surface area contributed by atoms with E-state index in [1.54, 1.807) is 6.26 Å². The number of aryl methyl sites for hydroxylation is 2. The van der Waals surface area contributed by atoms with Gasteiger partial charge in [0.05, 0.1) is 6.92 Å². The summed E-state index contributed by atoms with van der Waals surface area (Å²) >= 11 is 0. The summed E-state index contributed by atoms with van der Waals surface area (Å²) in [4.78, 5) is 0. The molecule has 1 heterocycles. The molecule has 0 aliphatic heterocycles. The third-order valence-electron chi connectivity index (χ3n) is 1.46. The zero-order valence-corrected chi connectivity index (χ0v) is 6.22. The molecule has 2 heteroatoms. The van der Waals surface area contributed by atoms with Gasteiger partial charge in [-0.25, -0.2) is 0 Å². The van der Waals surface area contributed by atoms with Gasteiger partial charge in [-0.3, -0.25) is 0 Å². The van der Waals surface area contributed by atoms with Crippen LogP contribution in [0.2, 0.25) is 0 Å².